The quantitative estimate of drug-likeness (QED) is 0.888. The highest BCUT2D eigenvalue weighted by molar-refractivity contribution is 9.10. The molecule has 0 amide bonds. The molecular formula is C11H9BrFNO4S. The van der Waals surface area contributed by atoms with Gasteiger partial charge in [0, 0.05) is 6.07 Å². The van der Waals surface area contributed by atoms with Crippen molar-refractivity contribution in [2.75, 3.05) is 4.72 Å². The Hall–Kier alpha value is -1.38. The number of anilines is 1. The Morgan fingerprint density at radius 2 is 2.05 bits per heavy atom. The fourth-order valence-corrected chi connectivity index (χ4v) is 3.47. The molecule has 2 rings (SSSR count). The first-order valence-electron chi connectivity index (χ1n) is 5.10. The van der Waals surface area contributed by atoms with E-state index in [1.54, 1.807) is 0 Å². The van der Waals surface area contributed by atoms with Gasteiger partial charge in [0.25, 0.3) is 10.0 Å². The average molecular weight is 350 g/mol. The Morgan fingerprint density at radius 1 is 1.37 bits per heavy atom. The van der Waals surface area contributed by atoms with Crippen LogP contribution in [-0.2, 0) is 16.6 Å². The number of halogens is 2. The summed E-state index contributed by atoms with van der Waals surface area (Å²) in [5.41, 5.74) is -0.166. The minimum Gasteiger partial charge on any atom is -0.450 e. The number of sulfonamides is 1. The number of aliphatic hydroxyl groups excluding tert-OH is 1. The SMILES string of the molecule is O=S(=O)(Nc1ccccc1F)c1cc(CO)oc1Br. The standard InChI is InChI=1S/C11H9BrFNO4S/c12-11-10(5-7(6-15)18-11)19(16,17)14-9-4-2-1-3-8(9)13/h1-5,14-15H,6H2. The lowest BCUT2D eigenvalue weighted by Crippen LogP contribution is -2.13. The smallest absolute Gasteiger partial charge is 0.266 e. The van der Waals surface area contributed by atoms with Crippen molar-refractivity contribution in [3.63, 3.8) is 0 Å². The van der Waals surface area contributed by atoms with E-state index in [1.165, 1.54) is 18.2 Å². The number of rotatable bonds is 4. The van der Waals surface area contributed by atoms with Crippen molar-refractivity contribution in [2.45, 2.75) is 11.5 Å². The molecule has 0 spiro atoms. The number of benzene rings is 1. The van der Waals surface area contributed by atoms with Gasteiger partial charge in [-0.1, -0.05) is 12.1 Å². The second-order valence-electron chi connectivity index (χ2n) is 3.59. The maximum atomic E-state index is 13.4. The summed E-state index contributed by atoms with van der Waals surface area (Å²) in [6, 6.07) is 6.55. The van der Waals surface area contributed by atoms with Gasteiger partial charge in [0.15, 0.2) is 4.67 Å². The molecule has 0 fully saturated rings. The van der Waals surface area contributed by atoms with E-state index in [0.29, 0.717) is 0 Å². The number of nitrogens with one attached hydrogen (secondary N) is 1. The molecule has 0 unspecified atom stereocenters. The van der Waals surface area contributed by atoms with E-state index >= 15 is 0 Å². The topological polar surface area (TPSA) is 79.5 Å². The van der Waals surface area contributed by atoms with Crippen LogP contribution in [0, 0.1) is 5.82 Å². The normalized spacial score (nSPS) is 11.5. The number of furan rings is 1. The third-order valence-corrected chi connectivity index (χ3v) is 4.49. The summed E-state index contributed by atoms with van der Waals surface area (Å²) in [6.07, 6.45) is 0. The van der Waals surface area contributed by atoms with Crippen molar-refractivity contribution in [3.8, 4) is 0 Å². The molecule has 0 aliphatic carbocycles. The Kier molecular flexibility index (Phi) is 3.93. The third-order valence-electron chi connectivity index (χ3n) is 2.27. The molecule has 2 N–H and O–H groups in total. The molecule has 19 heavy (non-hydrogen) atoms. The number of hydrogen-bond acceptors (Lipinski definition) is 4. The van der Waals surface area contributed by atoms with Crippen molar-refractivity contribution in [3.05, 3.63) is 46.6 Å². The molecule has 0 bridgehead atoms. The van der Waals surface area contributed by atoms with Crippen LogP contribution in [0.4, 0.5) is 10.1 Å². The molecule has 0 aliphatic rings. The summed E-state index contributed by atoms with van der Waals surface area (Å²) >= 11 is 2.93. The van der Waals surface area contributed by atoms with Gasteiger partial charge in [0.1, 0.15) is 23.1 Å². The minimum atomic E-state index is -4.00. The highest BCUT2D eigenvalue weighted by Gasteiger charge is 2.23. The summed E-state index contributed by atoms with van der Waals surface area (Å²) < 4.78 is 44.5. The van der Waals surface area contributed by atoms with Crippen LogP contribution in [-0.4, -0.2) is 13.5 Å². The van der Waals surface area contributed by atoms with E-state index in [1.807, 2.05) is 0 Å². The first-order valence-corrected chi connectivity index (χ1v) is 7.38. The molecule has 0 atom stereocenters. The first-order chi connectivity index (χ1) is 8.94. The van der Waals surface area contributed by atoms with Gasteiger partial charge >= 0.3 is 0 Å². The summed E-state index contributed by atoms with van der Waals surface area (Å²) in [5.74, 6) is -0.603. The Balaban J connectivity index is 2.38. The average Bonchev–Trinajstić information content (AvgIpc) is 2.74. The summed E-state index contributed by atoms with van der Waals surface area (Å²) in [5, 5.41) is 8.89. The Labute approximate surface area is 117 Å². The van der Waals surface area contributed by atoms with Crippen molar-refractivity contribution in [1.29, 1.82) is 0 Å². The van der Waals surface area contributed by atoms with Gasteiger partial charge in [-0.2, -0.15) is 0 Å². The van der Waals surface area contributed by atoms with Crippen LogP contribution < -0.4 is 4.72 Å². The Morgan fingerprint density at radius 3 is 2.63 bits per heavy atom. The van der Waals surface area contributed by atoms with E-state index in [-0.39, 0.29) is 21.0 Å². The molecule has 0 radical (unpaired) electrons. The maximum absolute atomic E-state index is 13.4. The van der Waals surface area contributed by atoms with Gasteiger partial charge in [0.2, 0.25) is 0 Å². The van der Waals surface area contributed by atoms with E-state index in [9.17, 15) is 12.8 Å². The molecule has 8 heteroatoms. The van der Waals surface area contributed by atoms with E-state index in [2.05, 4.69) is 20.7 Å². The van der Waals surface area contributed by atoms with Crippen LogP contribution in [0.2, 0.25) is 0 Å². The zero-order chi connectivity index (χ0) is 14.0. The molecule has 1 heterocycles. The predicted octanol–water partition coefficient (Wildman–Crippen LogP) is 2.47. The second kappa shape index (κ2) is 5.32. The zero-order valence-corrected chi connectivity index (χ0v) is 11.8. The van der Waals surface area contributed by atoms with Gasteiger partial charge in [0.05, 0.1) is 5.69 Å². The van der Waals surface area contributed by atoms with Crippen LogP contribution in [0.5, 0.6) is 0 Å². The van der Waals surface area contributed by atoms with Crippen LogP contribution in [0.15, 0.2) is 44.3 Å². The molecule has 2 aromatic rings. The molecule has 1 aromatic heterocycles. The second-order valence-corrected chi connectivity index (χ2v) is 5.97. The lowest BCUT2D eigenvalue weighted by Gasteiger charge is -2.07. The lowest BCUT2D eigenvalue weighted by molar-refractivity contribution is 0.245. The fourth-order valence-electron chi connectivity index (χ4n) is 1.40. The molecule has 5 nitrogen and oxygen atoms in total. The molecule has 1 aromatic carbocycles. The summed E-state index contributed by atoms with van der Waals surface area (Å²) in [6.45, 7) is -0.437. The van der Waals surface area contributed by atoms with E-state index in [0.717, 1.165) is 12.1 Å². The molecule has 0 saturated heterocycles. The van der Waals surface area contributed by atoms with Gasteiger partial charge in [-0.15, -0.1) is 0 Å². The van der Waals surface area contributed by atoms with Gasteiger partial charge in [-0.25, -0.2) is 12.8 Å². The molecular weight excluding hydrogens is 341 g/mol. The highest BCUT2D eigenvalue weighted by atomic mass is 79.9. The van der Waals surface area contributed by atoms with Crippen molar-refractivity contribution < 1.29 is 22.3 Å². The maximum Gasteiger partial charge on any atom is 0.266 e. The molecule has 102 valence electrons. The van der Waals surface area contributed by atoms with Crippen molar-refractivity contribution >= 4 is 31.6 Å². The molecule has 0 aliphatic heterocycles. The fraction of sp³-hybridized carbons (Fsp3) is 0.0909. The summed E-state index contributed by atoms with van der Waals surface area (Å²) in [4.78, 5) is -0.209. The van der Waals surface area contributed by atoms with Crippen LogP contribution >= 0.6 is 15.9 Å². The number of hydrogen-bond donors (Lipinski definition) is 2. The molecule has 0 saturated carbocycles. The van der Waals surface area contributed by atoms with Gasteiger partial charge in [-0.3, -0.25) is 4.72 Å². The van der Waals surface area contributed by atoms with Crippen molar-refractivity contribution in [1.82, 2.24) is 0 Å². The highest BCUT2D eigenvalue weighted by Crippen LogP contribution is 2.28. The van der Waals surface area contributed by atoms with Gasteiger partial charge in [-0.05, 0) is 28.1 Å². The lowest BCUT2D eigenvalue weighted by atomic mass is 10.3. The summed E-state index contributed by atoms with van der Waals surface area (Å²) in [7, 11) is -4.00. The van der Waals surface area contributed by atoms with Gasteiger partial charge < -0.3 is 9.52 Å². The van der Waals surface area contributed by atoms with Crippen LogP contribution in [0.25, 0.3) is 0 Å². The monoisotopic (exact) mass is 349 g/mol. The zero-order valence-electron chi connectivity index (χ0n) is 9.43. The number of para-hydroxylation sites is 1. The Bertz CT molecular complexity index is 698. The van der Waals surface area contributed by atoms with Crippen molar-refractivity contribution in [2.24, 2.45) is 0 Å². The largest absolute Gasteiger partial charge is 0.450 e. The van der Waals surface area contributed by atoms with E-state index in [4.69, 9.17) is 9.52 Å². The number of aliphatic hydroxyl groups is 1. The van der Waals surface area contributed by atoms with Crippen LogP contribution in [0.3, 0.4) is 0 Å². The van der Waals surface area contributed by atoms with E-state index < -0.39 is 22.4 Å². The predicted molar refractivity (Wildman–Crippen MR) is 69.5 cm³/mol. The third kappa shape index (κ3) is 2.96. The minimum absolute atomic E-state index is 0.0552. The van der Waals surface area contributed by atoms with Crippen LogP contribution in [0.1, 0.15) is 5.76 Å². The first kappa shape index (κ1) is 14.0.